The molecule has 5 rings (SSSR count). The van der Waals surface area contributed by atoms with Gasteiger partial charge < -0.3 is 19.3 Å². The Morgan fingerprint density at radius 1 is 1.17 bits per heavy atom. The third kappa shape index (κ3) is 3.54. The van der Waals surface area contributed by atoms with Gasteiger partial charge in [0, 0.05) is 16.1 Å². The van der Waals surface area contributed by atoms with Gasteiger partial charge in [-0.05, 0) is 24.1 Å². The van der Waals surface area contributed by atoms with E-state index in [-0.39, 0.29) is 11.4 Å². The standard InChI is InChI=1S/C28H26BrNO6/c1-3-4-14-35-20-15-21-24(30-16-20)27(33)23(25(31)34-2)22(17-8-6-5-7-9-17)28(36-21,26(27)32)18-10-12-19(29)13-11-18/h5-13,15-16,22-23,33H,3-4,14H2,1-2H3/t22?,23?,27-,28?/m1/s1. The number of carbonyl (C=O) groups is 2. The number of halogens is 1. The molecule has 2 aliphatic rings. The molecule has 2 bridgehead atoms. The first-order chi connectivity index (χ1) is 17.4. The van der Waals surface area contributed by atoms with Crippen LogP contribution in [0.2, 0.25) is 0 Å². The second kappa shape index (κ2) is 9.33. The van der Waals surface area contributed by atoms with Crippen LogP contribution >= 0.6 is 15.9 Å². The summed E-state index contributed by atoms with van der Waals surface area (Å²) in [6.45, 7) is 2.56. The third-order valence-electron chi connectivity index (χ3n) is 7.02. The molecule has 36 heavy (non-hydrogen) atoms. The number of esters is 1. The predicted octanol–water partition coefficient (Wildman–Crippen LogP) is 4.65. The van der Waals surface area contributed by atoms with Crippen molar-refractivity contribution in [1.82, 2.24) is 4.98 Å². The molecule has 8 heteroatoms. The topological polar surface area (TPSA) is 95.0 Å². The van der Waals surface area contributed by atoms with Crippen LogP contribution in [0.1, 0.15) is 42.5 Å². The van der Waals surface area contributed by atoms with Crippen molar-refractivity contribution < 1.29 is 28.9 Å². The second-order valence-electron chi connectivity index (χ2n) is 9.05. The number of unbranched alkanes of at least 4 members (excludes halogenated alkanes) is 1. The smallest absolute Gasteiger partial charge is 0.313 e. The molecule has 0 spiro atoms. The van der Waals surface area contributed by atoms with E-state index in [1.165, 1.54) is 13.3 Å². The van der Waals surface area contributed by atoms with Crippen LogP contribution in [0, 0.1) is 5.92 Å². The number of Topliss-reactive ketones (excluding diaryl/α,β-unsaturated/α-hetero) is 1. The average Bonchev–Trinajstić information content (AvgIpc) is 3.02. The quantitative estimate of drug-likeness (QED) is 0.337. The van der Waals surface area contributed by atoms with Gasteiger partial charge in [-0.15, -0.1) is 0 Å². The van der Waals surface area contributed by atoms with Crippen molar-refractivity contribution >= 4 is 27.7 Å². The highest BCUT2D eigenvalue weighted by molar-refractivity contribution is 9.10. The van der Waals surface area contributed by atoms with Gasteiger partial charge in [0.2, 0.25) is 11.4 Å². The van der Waals surface area contributed by atoms with Crippen molar-refractivity contribution in [2.75, 3.05) is 13.7 Å². The molecule has 0 amide bonds. The van der Waals surface area contributed by atoms with E-state index in [1.54, 1.807) is 30.3 Å². The number of ether oxygens (including phenoxy) is 3. The van der Waals surface area contributed by atoms with Gasteiger partial charge in [-0.2, -0.15) is 0 Å². The number of fused-ring (bicyclic) bond motifs is 4. The molecule has 1 aliphatic carbocycles. The number of nitrogens with zero attached hydrogens (tertiary/aromatic N) is 1. The number of pyridine rings is 1. The Morgan fingerprint density at radius 3 is 2.56 bits per heavy atom. The summed E-state index contributed by atoms with van der Waals surface area (Å²) in [5.74, 6) is -2.90. The van der Waals surface area contributed by atoms with Crippen molar-refractivity contribution in [3.8, 4) is 11.5 Å². The molecule has 0 radical (unpaired) electrons. The fourth-order valence-corrected chi connectivity index (χ4v) is 5.64. The molecular formula is C28H26BrNO6. The molecule has 1 N–H and O–H groups in total. The highest BCUT2D eigenvalue weighted by atomic mass is 79.9. The maximum atomic E-state index is 14.3. The number of aromatic nitrogens is 1. The van der Waals surface area contributed by atoms with Crippen LogP contribution in [0.3, 0.4) is 0 Å². The van der Waals surface area contributed by atoms with E-state index in [0.29, 0.717) is 23.5 Å². The molecular weight excluding hydrogens is 526 g/mol. The van der Waals surface area contributed by atoms with Gasteiger partial charge >= 0.3 is 5.97 Å². The fourth-order valence-electron chi connectivity index (χ4n) is 5.37. The Bertz CT molecular complexity index is 1300. The zero-order chi connectivity index (χ0) is 25.5. The van der Waals surface area contributed by atoms with E-state index >= 15 is 0 Å². The van der Waals surface area contributed by atoms with Crippen LogP contribution in [-0.2, 0) is 25.5 Å². The molecule has 2 heterocycles. The van der Waals surface area contributed by atoms with Gasteiger partial charge in [0.25, 0.3) is 0 Å². The third-order valence-corrected chi connectivity index (χ3v) is 7.55. The summed E-state index contributed by atoms with van der Waals surface area (Å²) < 4.78 is 18.4. The summed E-state index contributed by atoms with van der Waals surface area (Å²) in [7, 11) is 1.24. The molecule has 7 nitrogen and oxygen atoms in total. The van der Waals surface area contributed by atoms with Crippen molar-refractivity contribution in [1.29, 1.82) is 0 Å². The monoisotopic (exact) mass is 551 g/mol. The summed E-state index contributed by atoms with van der Waals surface area (Å²) in [6, 6.07) is 17.9. The maximum Gasteiger partial charge on any atom is 0.313 e. The second-order valence-corrected chi connectivity index (χ2v) is 9.96. The van der Waals surface area contributed by atoms with Crippen LogP contribution in [0.5, 0.6) is 11.5 Å². The van der Waals surface area contributed by atoms with E-state index in [4.69, 9.17) is 14.2 Å². The largest absolute Gasteiger partial charge is 0.492 e. The molecule has 1 aliphatic heterocycles. The Hall–Kier alpha value is -3.23. The molecule has 2 aromatic carbocycles. The van der Waals surface area contributed by atoms with Gasteiger partial charge in [-0.1, -0.05) is 71.7 Å². The Morgan fingerprint density at radius 2 is 1.89 bits per heavy atom. The Balaban J connectivity index is 1.78. The normalized spacial score (nSPS) is 26.2. The number of methoxy groups -OCH3 is 1. The van der Waals surface area contributed by atoms with Crippen molar-refractivity contribution in [3.05, 3.63) is 88.2 Å². The molecule has 1 fully saturated rings. The lowest BCUT2D eigenvalue weighted by atomic mass is 9.75. The maximum absolute atomic E-state index is 14.3. The van der Waals surface area contributed by atoms with Crippen LogP contribution in [0.4, 0.5) is 0 Å². The molecule has 3 aromatic rings. The minimum Gasteiger partial charge on any atom is -0.492 e. The zero-order valence-corrected chi connectivity index (χ0v) is 21.5. The first-order valence-corrected chi connectivity index (χ1v) is 12.7. The zero-order valence-electron chi connectivity index (χ0n) is 19.9. The fraction of sp³-hybridized carbons (Fsp3) is 0.321. The van der Waals surface area contributed by atoms with Crippen LogP contribution in [-0.4, -0.2) is 35.6 Å². The Labute approximate surface area is 217 Å². The number of hydrogen-bond acceptors (Lipinski definition) is 7. The van der Waals surface area contributed by atoms with Crippen LogP contribution < -0.4 is 9.47 Å². The molecule has 1 aromatic heterocycles. The number of hydrogen-bond donors (Lipinski definition) is 1. The SMILES string of the molecule is CCCCOc1cnc2c(c1)OC1(c3ccc(Br)cc3)C(=O)[C@@]2(O)C(C(=O)OC)C1c1ccccc1. The van der Waals surface area contributed by atoms with Crippen molar-refractivity contribution in [3.63, 3.8) is 0 Å². The number of benzene rings is 2. The minimum atomic E-state index is -2.27. The Kier molecular flexibility index (Phi) is 6.34. The van der Waals surface area contributed by atoms with Gasteiger partial charge in [0.05, 0.1) is 25.8 Å². The summed E-state index contributed by atoms with van der Waals surface area (Å²) in [4.78, 5) is 32.0. The molecule has 1 saturated carbocycles. The van der Waals surface area contributed by atoms with Crippen LogP contribution in [0.25, 0.3) is 0 Å². The van der Waals surface area contributed by atoms with E-state index in [9.17, 15) is 14.7 Å². The lowest BCUT2D eigenvalue weighted by molar-refractivity contribution is -0.163. The highest BCUT2D eigenvalue weighted by Crippen LogP contribution is 2.64. The summed E-state index contributed by atoms with van der Waals surface area (Å²) >= 11 is 3.44. The number of aliphatic hydroxyl groups is 1. The van der Waals surface area contributed by atoms with E-state index in [1.807, 2.05) is 30.3 Å². The summed E-state index contributed by atoms with van der Waals surface area (Å²) in [5.41, 5.74) is -2.82. The van der Waals surface area contributed by atoms with E-state index in [2.05, 4.69) is 27.8 Å². The first-order valence-electron chi connectivity index (χ1n) is 11.9. The van der Waals surface area contributed by atoms with E-state index < -0.39 is 34.8 Å². The lowest BCUT2D eigenvalue weighted by Gasteiger charge is -2.38. The van der Waals surface area contributed by atoms with Gasteiger partial charge in [0.15, 0.2) is 5.60 Å². The highest BCUT2D eigenvalue weighted by Gasteiger charge is 2.77. The van der Waals surface area contributed by atoms with Gasteiger partial charge in [-0.3, -0.25) is 9.59 Å². The van der Waals surface area contributed by atoms with Crippen molar-refractivity contribution in [2.24, 2.45) is 5.92 Å². The lowest BCUT2D eigenvalue weighted by Crippen LogP contribution is -2.51. The summed E-state index contributed by atoms with van der Waals surface area (Å²) in [6.07, 6.45) is 3.28. The van der Waals surface area contributed by atoms with E-state index in [0.717, 1.165) is 17.3 Å². The van der Waals surface area contributed by atoms with Crippen molar-refractivity contribution in [2.45, 2.75) is 36.9 Å². The number of ketones is 1. The molecule has 186 valence electrons. The summed E-state index contributed by atoms with van der Waals surface area (Å²) in [5, 5.41) is 12.2. The number of carbonyl (C=O) groups excluding carboxylic acids is 2. The molecule has 0 saturated heterocycles. The van der Waals surface area contributed by atoms with Gasteiger partial charge in [0.1, 0.15) is 23.1 Å². The first kappa shape index (κ1) is 24.5. The predicted molar refractivity (Wildman–Crippen MR) is 135 cm³/mol. The average molecular weight is 552 g/mol. The number of rotatable bonds is 7. The molecule has 3 unspecified atom stereocenters. The minimum absolute atomic E-state index is 0.0168. The van der Waals surface area contributed by atoms with Crippen LogP contribution in [0.15, 0.2) is 71.3 Å². The molecule has 4 atom stereocenters. The van der Waals surface area contributed by atoms with Gasteiger partial charge in [-0.25, -0.2) is 4.98 Å².